The Bertz CT molecular complexity index is 1630. The van der Waals surface area contributed by atoms with Crippen LogP contribution in [0.1, 0.15) is 16.7 Å². The van der Waals surface area contributed by atoms with Crippen LogP contribution in [-0.4, -0.2) is 10.2 Å². The first kappa shape index (κ1) is 25.0. The number of nitrogens with zero attached hydrogens (tertiary/aromatic N) is 2. The third-order valence-corrected chi connectivity index (χ3v) is 6.61. The number of thiophene rings is 1. The highest BCUT2D eigenvalue weighted by Gasteiger charge is 2.47. The minimum atomic E-state index is -5.68. The molecule has 0 fully saturated rings. The van der Waals surface area contributed by atoms with Gasteiger partial charge in [0.05, 0.1) is 21.6 Å². The van der Waals surface area contributed by atoms with E-state index in [0.29, 0.717) is 15.6 Å². The fourth-order valence-electron chi connectivity index (χ4n) is 4.13. The zero-order valence-corrected chi connectivity index (χ0v) is 18.9. The van der Waals surface area contributed by atoms with Gasteiger partial charge in [0.15, 0.2) is 0 Å². The quantitative estimate of drug-likeness (QED) is 0.164. The van der Waals surface area contributed by atoms with Gasteiger partial charge in [-0.25, -0.2) is 0 Å². The summed E-state index contributed by atoms with van der Waals surface area (Å²) in [4.78, 5) is 0.596. The molecule has 37 heavy (non-hydrogen) atoms. The summed E-state index contributed by atoms with van der Waals surface area (Å²) in [5, 5.41) is 11.1. The van der Waals surface area contributed by atoms with Crippen molar-refractivity contribution in [1.29, 1.82) is 0 Å². The molecule has 190 valence electrons. The van der Waals surface area contributed by atoms with Crippen LogP contribution in [0.25, 0.3) is 43.4 Å². The van der Waals surface area contributed by atoms with Crippen LogP contribution in [0.5, 0.6) is 0 Å². The van der Waals surface area contributed by atoms with E-state index in [9.17, 15) is 39.5 Å². The predicted molar refractivity (Wildman–Crippen MR) is 121 cm³/mol. The molecule has 12 heteroatoms. The topological polar surface area (TPSA) is 25.8 Å². The molecule has 2 heterocycles. The average molecular weight is 542 g/mol. The number of aromatic nitrogens is 2. The summed E-state index contributed by atoms with van der Waals surface area (Å²) in [6.45, 7) is 0. The molecule has 0 aliphatic heterocycles. The summed E-state index contributed by atoms with van der Waals surface area (Å²) in [6.07, 6.45) is -16.7. The maximum atomic E-state index is 14.0. The van der Waals surface area contributed by atoms with Crippen LogP contribution >= 0.6 is 11.3 Å². The first-order valence-electron chi connectivity index (χ1n) is 10.4. The molecule has 5 rings (SSSR count). The molecule has 0 aliphatic carbocycles. The van der Waals surface area contributed by atoms with Crippen molar-refractivity contribution in [3.8, 4) is 21.8 Å². The second-order valence-electron chi connectivity index (χ2n) is 8.06. The summed E-state index contributed by atoms with van der Waals surface area (Å²) in [7, 11) is 0. The van der Waals surface area contributed by atoms with Crippen molar-refractivity contribution in [2.24, 2.45) is 0 Å². The van der Waals surface area contributed by atoms with Gasteiger partial charge in [-0.15, -0.1) is 21.5 Å². The molecular weight excluding hydrogens is 531 g/mol. The van der Waals surface area contributed by atoms with Crippen LogP contribution < -0.4 is 0 Å². The van der Waals surface area contributed by atoms with E-state index in [4.69, 9.17) is 0 Å². The maximum absolute atomic E-state index is 14.0. The number of benzene rings is 3. The Morgan fingerprint density at radius 2 is 1.05 bits per heavy atom. The van der Waals surface area contributed by atoms with E-state index in [2.05, 4.69) is 10.2 Å². The Balaban J connectivity index is 1.93. The maximum Gasteiger partial charge on any atom is 0.417 e. The van der Waals surface area contributed by atoms with E-state index in [1.165, 1.54) is 17.4 Å². The first-order chi connectivity index (χ1) is 17.2. The number of halogens is 9. The number of fused-ring (bicyclic) bond motifs is 2. The highest BCUT2D eigenvalue weighted by molar-refractivity contribution is 7.13. The van der Waals surface area contributed by atoms with Crippen molar-refractivity contribution >= 4 is 32.9 Å². The van der Waals surface area contributed by atoms with Gasteiger partial charge in [0.25, 0.3) is 0 Å². The number of alkyl halides is 9. The summed E-state index contributed by atoms with van der Waals surface area (Å²) < 4.78 is 123. The standard InChI is InChI=1S/C25H11F9N2S/c26-23(27,28)17-11-19(25(32,33)34)18(24(29,30)31)10-16(17)21-14-8-12-4-1-2-5-13(12)9-15(14)22(36-35-21)20-6-3-7-37-20/h1-11H. The molecule has 0 saturated heterocycles. The molecule has 3 aromatic carbocycles. The second-order valence-corrected chi connectivity index (χ2v) is 9.00. The van der Waals surface area contributed by atoms with E-state index in [0.717, 1.165) is 0 Å². The normalized spacial score (nSPS) is 13.0. The van der Waals surface area contributed by atoms with Crippen LogP contribution in [0.4, 0.5) is 39.5 Å². The second kappa shape index (κ2) is 8.44. The molecule has 2 nitrogen and oxygen atoms in total. The highest BCUT2D eigenvalue weighted by atomic mass is 32.1. The van der Waals surface area contributed by atoms with Gasteiger partial charge >= 0.3 is 18.5 Å². The summed E-state index contributed by atoms with van der Waals surface area (Å²) in [6, 6.07) is 12.5. The van der Waals surface area contributed by atoms with Gasteiger partial charge in [-0.2, -0.15) is 39.5 Å². The van der Waals surface area contributed by atoms with Crippen molar-refractivity contribution in [3.63, 3.8) is 0 Å². The van der Waals surface area contributed by atoms with Crippen molar-refractivity contribution in [3.05, 3.63) is 82.7 Å². The van der Waals surface area contributed by atoms with Gasteiger partial charge in [0.1, 0.15) is 11.4 Å². The molecule has 2 aromatic heterocycles. The van der Waals surface area contributed by atoms with E-state index in [-0.39, 0.29) is 22.5 Å². The van der Waals surface area contributed by atoms with Crippen LogP contribution in [0.2, 0.25) is 0 Å². The monoisotopic (exact) mass is 542 g/mol. The third-order valence-electron chi connectivity index (χ3n) is 5.73. The van der Waals surface area contributed by atoms with Gasteiger partial charge in [0.2, 0.25) is 0 Å². The van der Waals surface area contributed by atoms with Crippen LogP contribution in [-0.2, 0) is 18.5 Å². The number of hydrogen-bond acceptors (Lipinski definition) is 3. The summed E-state index contributed by atoms with van der Waals surface area (Å²) in [5.41, 5.74) is -8.09. The zero-order valence-electron chi connectivity index (χ0n) is 18.1. The SMILES string of the molecule is FC(F)(F)c1cc(C(F)(F)F)c(C(F)(F)F)cc1-c1nnc(-c2cccs2)c2cc3ccccc3cc12. The average Bonchev–Trinajstić information content (AvgIpc) is 3.34. The van der Waals surface area contributed by atoms with E-state index in [1.54, 1.807) is 47.8 Å². The molecule has 0 saturated carbocycles. The van der Waals surface area contributed by atoms with E-state index >= 15 is 0 Å². The largest absolute Gasteiger partial charge is 0.417 e. The Morgan fingerprint density at radius 3 is 1.57 bits per heavy atom. The highest BCUT2D eigenvalue weighted by Crippen LogP contribution is 2.48. The van der Waals surface area contributed by atoms with Gasteiger partial charge in [0, 0.05) is 16.3 Å². The van der Waals surface area contributed by atoms with Crippen molar-refractivity contribution in [2.45, 2.75) is 18.5 Å². The minimum absolute atomic E-state index is 0.00971. The smallest absolute Gasteiger partial charge is 0.166 e. The molecule has 0 N–H and O–H groups in total. The predicted octanol–water partition coefficient (Wildman–Crippen LogP) is 9.23. The molecule has 5 aromatic rings. The van der Waals surface area contributed by atoms with Crippen LogP contribution in [0.3, 0.4) is 0 Å². The van der Waals surface area contributed by atoms with Gasteiger partial charge in [-0.1, -0.05) is 30.3 Å². The lowest BCUT2D eigenvalue weighted by atomic mass is 9.92. The number of hydrogen-bond donors (Lipinski definition) is 0. The van der Waals surface area contributed by atoms with E-state index in [1.807, 2.05) is 0 Å². The molecule has 0 radical (unpaired) electrons. The molecule has 0 bridgehead atoms. The van der Waals surface area contributed by atoms with Gasteiger partial charge < -0.3 is 0 Å². The summed E-state index contributed by atoms with van der Waals surface area (Å²) >= 11 is 1.26. The molecule has 0 atom stereocenters. The van der Waals surface area contributed by atoms with Crippen molar-refractivity contribution in [1.82, 2.24) is 10.2 Å². The lowest BCUT2D eigenvalue weighted by Gasteiger charge is -2.21. The van der Waals surface area contributed by atoms with E-state index < -0.39 is 52.5 Å². The first-order valence-corrected chi connectivity index (χ1v) is 11.3. The summed E-state index contributed by atoms with van der Waals surface area (Å²) in [5.74, 6) is 0. The van der Waals surface area contributed by atoms with Crippen LogP contribution in [0.15, 0.2) is 66.0 Å². The van der Waals surface area contributed by atoms with Crippen molar-refractivity contribution < 1.29 is 39.5 Å². The molecule has 0 amide bonds. The van der Waals surface area contributed by atoms with Crippen LogP contribution in [0, 0.1) is 0 Å². The molecule has 0 unspecified atom stereocenters. The fourth-order valence-corrected chi connectivity index (χ4v) is 4.86. The molecular formula is C25H11F9N2S. The van der Waals surface area contributed by atoms with Gasteiger partial charge in [-0.05, 0) is 46.5 Å². The Kier molecular flexibility index (Phi) is 5.70. The lowest BCUT2D eigenvalue weighted by Crippen LogP contribution is -2.20. The lowest BCUT2D eigenvalue weighted by molar-refractivity contribution is -0.163. The third kappa shape index (κ3) is 4.50. The number of rotatable bonds is 2. The zero-order chi connectivity index (χ0) is 26.8. The molecule has 0 spiro atoms. The fraction of sp³-hybridized carbons (Fsp3) is 0.120. The van der Waals surface area contributed by atoms with Gasteiger partial charge in [-0.3, -0.25) is 0 Å². The Labute approximate surface area is 206 Å². The Morgan fingerprint density at radius 1 is 0.541 bits per heavy atom. The Hall–Kier alpha value is -3.67. The molecule has 0 aliphatic rings. The minimum Gasteiger partial charge on any atom is -0.166 e. The van der Waals surface area contributed by atoms with Crippen molar-refractivity contribution in [2.75, 3.05) is 0 Å².